The van der Waals surface area contributed by atoms with E-state index in [1.54, 1.807) is 18.0 Å². The number of nitrogens with zero attached hydrogens (tertiary/aromatic N) is 7. The van der Waals surface area contributed by atoms with E-state index in [0.29, 0.717) is 18.0 Å². The third-order valence-corrected chi connectivity index (χ3v) is 8.14. The number of fused-ring (bicyclic) bond motifs is 1. The van der Waals surface area contributed by atoms with E-state index in [-0.39, 0.29) is 12.5 Å². The van der Waals surface area contributed by atoms with Crippen LogP contribution in [0.2, 0.25) is 0 Å². The van der Waals surface area contributed by atoms with Gasteiger partial charge in [-0.2, -0.15) is 9.47 Å². The molecule has 5 aromatic rings. The third kappa shape index (κ3) is 6.44. The first-order chi connectivity index (χ1) is 20.4. The second kappa shape index (κ2) is 12.3. The van der Waals surface area contributed by atoms with Gasteiger partial charge in [-0.3, -0.25) is 18.8 Å². The molecule has 0 radical (unpaired) electrons. The Hall–Kier alpha value is -4.29. The van der Waals surface area contributed by atoms with Gasteiger partial charge < -0.3 is 15.4 Å². The molecule has 1 aliphatic rings. The van der Waals surface area contributed by atoms with Gasteiger partial charge in [0.1, 0.15) is 17.3 Å². The van der Waals surface area contributed by atoms with Crippen LogP contribution in [0.25, 0.3) is 16.9 Å². The number of aryl methyl sites for hydroxylation is 1. The number of carbonyl (C=O) groups is 1. The normalized spacial score (nSPS) is 15.6. The lowest BCUT2D eigenvalue weighted by Gasteiger charge is -2.30. The summed E-state index contributed by atoms with van der Waals surface area (Å²) in [6.45, 7) is 7.93. The Morgan fingerprint density at radius 2 is 2.12 bits per heavy atom. The standard InChI is InChI=1S/C30H35N9O2S/c1-20-6-5-9-37(15-20)18-24-11-28(42-36-24)35-29-30-32-14-26(39(30)16-21(2)34-29)23-13-33-38(17-23)19-27(40)31-12-22-7-4-8-25(10-22)41-3/h4,7-8,10-11,13-14,16-17,20H,5-6,9,12,15,18-19H2,1-3H3,(H,31,40)(H,34,35). The van der Waals surface area contributed by atoms with Crippen LogP contribution in [0.3, 0.4) is 0 Å². The molecule has 42 heavy (non-hydrogen) atoms. The number of carbonyl (C=O) groups excluding carboxylic acids is 1. The minimum absolute atomic E-state index is 0.109. The third-order valence-electron chi connectivity index (χ3n) is 7.40. The second-order valence-electron chi connectivity index (χ2n) is 10.9. The van der Waals surface area contributed by atoms with E-state index >= 15 is 0 Å². The fourth-order valence-electron chi connectivity index (χ4n) is 5.40. The molecule has 1 atom stereocenters. The molecule has 2 N–H and O–H groups in total. The largest absolute Gasteiger partial charge is 0.497 e. The summed E-state index contributed by atoms with van der Waals surface area (Å²) in [6.07, 6.45) is 9.92. The number of hydrogen-bond acceptors (Lipinski definition) is 9. The fourth-order valence-corrected chi connectivity index (χ4v) is 6.05. The molecule has 5 heterocycles. The molecule has 1 unspecified atom stereocenters. The van der Waals surface area contributed by atoms with E-state index in [2.05, 4.69) is 43.0 Å². The first kappa shape index (κ1) is 27.9. The summed E-state index contributed by atoms with van der Waals surface area (Å²) < 4.78 is 13.6. The number of likely N-dealkylation sites (tertiary alicyclic amines) is 1. The molecule has 1 saturated heterocycles. The number of piperidine rings is 1. The number of rotatable bonds is 10. The van der Waals surface area contributed by atoms with Crippen LogP contribution in [0.1, 0.15) is 36.7 Å². The highest BCUT2D eigenvalue weighted by Crippen LogP contribution is 2.28. The maximum atomic E-state index is 12.6. The van der Waals surface area contributed by atoms with Crippen LogP contribution in [0.15, 0.2) is 55.1 Å². The van der Waals surface area contributed by atoms with Gasteiger partial charge in [0.15, 0.2) is 11.5 Å². The Labute approximate surface area is 248 Å². The number of amides is 1. The highest BCUT2D eigenvalue weighted by molar-refractivity contribution is 7.10. The summed E-state index contributed by atoms with van der Waals surface area (Å²) in [5.41, 5.74) is 5.32. The van der Waals surface area contributed by atoms with Crippen molar-refractivity contribution in [2.24, 2.45) is 5.92 Å². The van der Waals surface area contributed by atoms with Gasteiger partial charge in [-0.25, -0.2) is 9.97 Å². The molecule has 0 saturated carbocycles. The summed E-state index contributed by atoms with van der Waals surface area (Å²) in [7, 11) is 1.62. The van der Waals surface area contributed by atoms with E-state index in [1.807, 2.05) is 54.2 Å². The Morgan fingerprint density at radius 1 is 1.21 bits per heavy atom. The monoisotopic (exact) mass is 585 g/mol. The van der Waals surface area contributed by atoms with Crippen LogP contribution >= 0.6 is 11.5 Å². The number of methoxy groups -OCH3 is 1. The molecular formula is C30H35N9O2S. The summed E-state index contributed by atoms with van der Waals surface area (Å²) in [6, 6.07) is 9.74. The predicted molar refractivity (Wildman–Crippen MR) is 163 cm³/mol. The minimum atomic E-state index is -0.129. The van der Waals surface area contributed by atoms with Crippen molar-refractivity contribution in [3.05, 3.63) is 72.1 Å². The zero-order valence-corrected chi connectivity index (χ0v) is 24.9. The number of benzene rings is 1. The number of ether oxygens (including phenoxy) is 1. The molecule has 4 aromatic heterocycles. The predicted octanol–water partition coefficient (Wildman–Crippen LogP) is 4.66. The molecule has 0 spiro atoms. The molecule has 11 nitrogen and oxygen atoms in total. The fraction of sp³-hybridized carbons (Fsp3) is 0.367. The van der Waals surface area contributed by atoms with E-state index < -0.39 is 0 Å². The molecule has 1 amide bonds. The van der Waals surface area contributed by atoms with Crippen molar-refractivity contribution < 1.29 is 9.53 Å². The highest BCUT2D eigenvalue weighted by Gasteiger charge is 2.19. The maximum absolute atomic E-state index is 12.6. The van der Waals surface area contributed by atoms with Crippen molar-refractivity contribution in [2.45, 2.75) is 46.3 Å². The topological polar surface area (TPSA) is 114 Å². The molecule has 1 aliphatic heterocycles. The molecule has 218 valence electrons. The lowest BCUT2D eigenvalue weighted by Crippen LogP contribution is -2.33. The Morgan fingerprint density at radius 3 is 2.98 bits per heavy atom. The van der Waals surface area contributed by atoms with Crippen molar-refractivity contribution in [3.63, 3.8) is 0 Å². The van der Waals surface area contributed by atoms with Crippen molar-refractivity contribution >= 4 is 33.9 Å². The SMILES string of the molecule is COc1cccc(CNC(=O)Cn2cc(-c3cnc4c(Nc5cc(CN6CCCC(C)C6)ns5)nc(C)cn34)cn2)c1. The van der Waals surface area contributed by atoms with Gasteiger partial charge in [-0.05, 0) is 67.5 Å². The van der Waals surface area contributed by atoms with Crippen LogP contribution in [0, 0.1) is 12.8 Å². The van der Waals surface area contributed by atoms with Crippen LogP contribution in [-0.2, 0) is 24.4 Å². The number of imidazole rings is 1. The first-order valence-electron chi connectivity index (χ1n) is 14.2. The number of aromatic nitrogens is 6. The molecule has 1 aromatic carbocycles. The average molecular weight is 586 g/mol. The van der Waals surface area contributed by atoms with Gasteiger partial charge in [0, 0.05) is 37.6 Å². The van der Waals surface area contributed by atoms with Gasteiger partial charge in [0.05, 0.1) is 36.6 Å². The van der Waals surface area contributed by atoms with E-state index in [4.69, 9.17) is 9.72 Å². The zero-order valence-electron chi connectivity index (χ0n) is 24.1. The van der Waals surface area contributed by atoms with E-state index in [9.17, 15) is 4.79 Å². The molecule has 0 bridgehead atoms. The van der Waals surface area contributed by atoms with Gasteiger partial charge in [-0.15, -0.1) is 0 Å². The van der Waals surface area contributed by atoms with Gasteiger partial charge >= 0.3 is 0 Å². The van der Waals surface area contributed by atoms with Gasteiger partial charge in [0.2, 0.25) is 5.91 Å². The molecule has 0 aliphatic carbocycles. The Bertz CT molecular complexity index is 1690. The minimum Gasteiger partial charge on any atom is -0.497 e. The number of hydrogen-bond donors (Lipinski definition) is 2. The van der Waals surface area contributed by atoms with Gasteiger partial charge in [-0.1, -0.05) is 19.1 Å². The Balaban J connectivity index is 1.13. The van der Waals surface area contributed by atoms with Gasteiger partial charge in [0.25, 0.3) is 0 Å². The molecule has 1 fully saturated rings. The summed E-state index contributed by atoms with van der Waals surface area (Å²) in [5.74, 6) is 2.04. The first-order valence-corrected chi connectivity index (χ1v) is 14.9. The van der Waals surface area contributed by atoms with Crippen LogP contribution in [0.4, 0.5) is 10.8 Å². The van der Waals surface area contributed by atoms with Crippen LogP contribution < -0.4 is 15.4 Å². The molecule has 6 rings (SSSR count). The van der Waals surface area contributed by atoms with Crippen molar-refractivity contribution in [2.75, 3.05) is 25.5 Å². The molecular weight excluding hydrogens is 550 g/mol. The maximum Gasteiger partial charge on any atom is 0.241 e. The Kier molecular flexibility index (Phi) is 8.15. The average Bonchev–Trinajstić information content (AvgIpc) is 3.72. The summed E-state index contributed by atoms with van der Waals surface area (Å²) in [4.78, 5) is 24.5. The summed E-state index contributed by atoms with van der Waals surface area (Å²) in [5, 5.41) is 11.7. The number of anilines is 2. The van der Waals surface area contributed by atoms with Crippen molar-refractivity contribution in [1.82, 2.24) is 38.7 Å². The second-order valence-corrected chi connectivity index (χ2v) is 11.7. The van der Waals surface area contributed by atoms with Crippen molar-refractivity contribution in [3.8, 4) is 17.0 Å². The smallest absolute Gasteiger partial charge is 0.241 e. The lowest BCUT2D eigenvalue weighted by atomic mass is 10.0. The van der Waals surface area contributed by atoms with Crippen molar-refractivity contribution in [1.29, 1.82) is 0 Å². The molecule has 12 heteroatoms. The van der Waals surface area contributed by atoms with E-state index in [1.165, 1.54) is 24.4 Å². The lowest BCUT2D eigenvalue weighted by molar-refractivity contribution is -0.122. The highest BCUT2D eigenvalue weighted by atomic mass is 32.1. The number of nitrogens with one attached hydrogen (secondary N) is 2. The zero-order chi connectivity index (χ0) is 29.1. The van der Waals surface area contributed by atoms with E-state index in [0.717, 1.165) is 64.5 Å². The van der Waals surface area contributed by atoms with Crippen LogP contribution in [0.5, 0.6) is 5.75 Å². The summed E-state index contributed by atoms with van der Waals surface area (Å²) >= 11 is 1.44. The van der Waals surface area contributed by atoms with Crippen LogP contribution in [-0.4, -0.2) is 59.5 Å². The quantitative estimate of drug-likeness (QED) is 0.243.